The van der Waals surface area contributed by atoms with Gasteiger partial charge in [0.1, 0.15) is 6.04 Å². The number of rotatable bonds is 7. The number of benzene rings is 1. The maximum Gasteiger partial charge on any atom is 0.409 e. The summed E-state index contributed by atoms with van der Waals surface area (Å²) >= 11 is 6.23. The second-order valence-corrected chi connectivity index (χ2v) is 10.7. The van der Waals surface area contributed by atoms with E-state index in [0.29, 0.717) is 55.7 Å². The van der Waals surface area contributed by atoms with Gasteiger partial charge in [-0.05, 0) is 49.7 Å². The summed E-state index contributed by atoms with van der Waals surface area (Å²) in [4.78, 5) is 30.3. The number of halogens is 1. The molecule has 1 amide bonds. The van der Waals surface area contributed by atoms with Crippen molar-refractivity contribution in [1.29, 1.82) is 0 Å². The summed E-state index contributed by atoms with van der Waals surface area (Å²) in [5, 5.41) is 12.8. The molecule has 0 bridgehead atoms. The van der Waals surface area contributed by atoms with Crippen molar-refractivity contribution in [3.05, 3.63) is 34.9 Å². The van der Waals surface area contributed by atoms with Crippen molar-refractivity contribution in [2.75, 3.05) is 32.8 Å². The molecule has 1 aromatic rings. The van der Waals surface area contributed by atoms with Crippen LogP contribution in [0.3, 0.4) is 0 Å². The Morgan fingerprint density at radius 1 is 1.15 bits per heavy atom. The molecule has 1 N–H and O–H groups in total. The van der Waals surface area contributed by atoms with Gasteiger partial charge in [0.15, 0.2) is 5.78 Å². The molecular weight excluding hydrogens is 452 g/mol. The number of nitrogens with zero attached hydrogens (tertiary/aromatic N) is 2. The van der Waals surface area contributed by atoms with Gasteiger partial charge in [-0.2, -0.15) is 0 Å². The molecule has 1 saturated heterocycles. The summed E-state index contributed by atoms with van der Waals surface area (Å²) in [6.45, 7) is 4.58. The highest BCUT2D eigenvalue weighted by Crippen LogP contribution is 2.49. The predicted octanol–water partition coefficient (Wildman–Crippen LogP) is 5.17. The molecule has 2 aliphatic carbocycles. The molecule has 34 heavy (non-hydrogen) atoms. The fourth-order valence-corrected chi connectivity index (χ4v) is 6.64. The Kier molecular flexibility index (Phi) is 8.54. The molecule has 0 aromatic heterocycles. The zero-order valence-corrected chi connectivity index (χ0v) is 21.1. The quantitative estimate of drug-likeness (QED) is 0.422. The Balaban J connectivity index is 1.56. The molecule has 7 heteroatoms. The summed E-state index contributed by atoms with van der Waals surface area (Å²) < 4.78 is 5.39. The highest BCUT2D eigenvalue weighted by atomic mass is 35.5. The molecule has 1 heterocycles. The van der Waals surface area contributed by atoms with Gasteiger partial charge in [0.2, 0.25) is 0 Å². The fraction of sp³-hybridized carbons (Fsp3) is 0.704. The lowest BCUT2D eigenvalue weighted by atomic mass is 9.59. The summed E-state index contributed by atoms with van der Waals surface area (Å²) in [5.74, 6) is 0.562. The topological polar surface area (TPSA) is 70.1 Å². The molecule has 4 rings (SSSR count). The average Bonchev–Trinajstić information content (AvgIpc) is 2.85. The van der Waals surface area contributed by atoms with Gasteiger partial charge in [-0.15, -0.1) is 0 Å². The number of fused-ring (bicyclic) bond motifs is 1. The van der Waals surface area contributed by atoms with Gasteiger partial charge in [-0.25, -0.2) is 4.79 Å². The van der Waals surface area contributed by atoms with Crippen molar-refractivity contribution >= 4 is 23.5 Å². The summed E-state index contributed by atoms with van der Waals surface area (Å²) in [7, 11) is 0. The number of hydrogen-bond acceptors (Lipinski definition) is 5. The van der Waals surface area contributed by atoms with Crippen LogP contribution in [0.15, 0.2) is 24.3 Å². The molecule has 1 aromatic carbocycles. The number of ether oxygens (including phenoxy) is 1. The van der Waals surface area contributed by atoms with Gasteiger partial charge < -0.3 is 14.7 Å². The average molecular weight is 491 g/mol. The molecule has 3 fully saturated rings. The van der Waals surface area contributed by atoms with Gasteiger partial charge in [0, 0.05) is 36.8 Å². The number of carbonyl (C=O) groups is 2. The van der Waals surface area contributed by atoms with Crippen LogP contribution in [0.4, 0.5) is 4.79 Å². The van der Waals surface area contributed by atoms with E-state index in [9.17, 15) is 14.7 Å². The van der Waals surface area contributed by atoms with E-state index in [4.69, 9.17) is 16.3 Å². The highest BCUT2D eigenvalue weighted by molar-refractivity contribution is 6.31. The van der Waals surface area contributed by atoms with Gasteiger partial charge in [0.25, 0.3) is 0 Å². The van der Waals surface area contributed by atoms with Crippen LogP contribution >= 0.6 is 11.6 Å². The largest absolute Gasteiger partial charge is 0.449 e. The molecule has 188 valence electrons. The van der Waals surface area contributed by atoms with Crippen molar-refractivity contribution in [2.45, 2.75) is 76.4 Å². The predicted molar refractivity (Wildman–Crippen MR) is 133 cm³/mol. The highest BCUT2D eigenvalue weighted by Gasteiger charge is 2.54. The molecule has 3 aliphatic rings. The van der Waals surface area contributed by atoms with Crippen LogP contribution in [-0.4, -0.2) is 71.2 Å². The lowest BCUT2D eigenvalue weighted by Gasteiger charge is -2.53. The third kappa shape index (κ3) is 5.44. The summed E-state index contributed by atoms with van der Waals surface area (Å²) in [5.41, 5.74) is -0.516. The third-order valence-corrected chi connectivity index (χ3v) is 8.43. The lowest BCUT2D eigenvalue weighted by Crippen LogP contribution is -2.66. The van der Waals surface area contributed by atoms with Crippen LogP contribution in [0.25, 0.3) is 0 Å². The van der Waals surface area contributed by atoms with Crippen LogP contribution in [0, 0.1) is 11.8 Å². The maximum absolute atomic E-state index is 14.0. The number of carbonyl (C=O) groups excluding carboxylic acids is 2. The molecule has 1 aliphatic heterocycles. The zero-order valence-electron chi connectivity index (χ0n) is 20.4. The van der Waals surface area contributed by atoms with E-state index >= 15 is 0 Å². The van der Waals surface area contributed by atoms with Crippen LogP contribution < -0.4 is 0 Å². The van der Waals surface area contributed by atoms with Gasteiger partial charge >= 0.3 is 6.09 Å². The molecule has 4 atom stereocenters. The molecule has 0 radical (unpaired) electrons. The van der Waals surface area contributed by atoms with Crippen molar-refractivity contribution in [2.24, 2.45) is 11.8 Å². The monoisotopic (exact) mass is 490 g/mol. The van der Waals surface area contributed by atoms with Crippen LogP contribution in [0.5, 0.6) is 0 Å². The van der Waals surface area contributed by atoms with Crippen molar-refractivity contribution in [1.82, 2.24) is 9.80 Å². The SMILES string of the molecule is CCCCOC(=O)N1CCN(C(C(=O)c2cccc(Cl)c2)C2(O)CCCC3CCCCC32)CC1. The van der Waals surface area contributed by atoms with E-state index in [-0.39, 0.29) is 17.8 Å². The normalized spacial score (nSPS) is 28.7. The Hall–Kier alpha value is -1.63. The second kappa shape index (κ2) is 11.4. The number of piperazine rings is 1. The number of unbranched alkanes of at least 4 members (excludes halogenated alkanes) is 1. The van der Waals surface area contributed by atoms with Crippen LogP contribution in [0.2, 0.25) is 5.02 Å². The van der Waals surface area contributed by atoms with E-state index in [1.54, 1.807) is 29.2 Å². The standard InChI is InChI=1S/C27H39ClN2O4/c1-2-3-18-34-26(32)30-16-14-29(15-17-30)25(24(31)21-9-6-11-22(28)19-21)27(33)13-7-10-20-8-4-5-12-23(20)27/h6,9,11,19-20,23,25,33H,2-5,7-8,10,12-18H2,1H3. The Morgan fingerprint density at radius 2 is 1.88 bits per heavy atom. The maximum atomic E-state index is 14.0. The first kappa shape index (κ1) is 25.5. The molecule has 0 spiro atoms. The minimum Gasteiger partial charge on any atom is -0.449 e. The summed E-state index contributed by atoms with van der Waals surface area (Å²) in [6, 6.07) is 6.44. The Labute approximate surface area is 208 Å². The number of ketones is 1. The number of hydrogen-bond donors (Lipinski definition) is 1. The third-order valence-electron chi connectivity index (χ3n) is 8.20. The lowest BCUT2D eigenvalue weighted by molar-refractivity contribution is -0.131. The van der Waals surface area contributed by atoms with Gasteiger partial charge in [-0.3, -0.25) is 9.69 Å². The number of Topliss-reactive ketones (excluding diaryl/α,β-unsaturated/α-hetero) is 1. The van der Waals surface area contributed by atoms with Gasteiger partial charge in [-0.1, -0.05) is 62.8 Å². The smallest absolute Gasteiger partial charge is 0.409 e. The molecule has 4 unspecified atom stereocenters. The fourth-order valence-electron chi connectivity index (χ4n) is 6.45. The molecule has 6 nitrogen and oxygen atoms in total. The van der Waals surface area contributed by atoms with Crippen molar-refractivity contribution in [3.8, 4) is 0 Å². The Bertz CT molecular complexity index is 855. The zero-order chi connectivity index (χ0) is 24.1. The van der Waals surface area contributed by atoms with Gasteiger partial charge in [0.05, 0.1) is 12.2 Å². The van der Waals surface area contributed by atoms with E-state index in [1.165, 1.54) is 6.42 Å². The van der Waals surface area contributed by atoms with Crippen LogP contribution in [0.1, 0.15) is 75.1 Å². The molecule has 2 saturated carbocycles. The van der Waals surface area contributed by atoms with E-state index in [1.807, 2.05) is 0 Å². The van der Waals surface area contributed by atoms with Crippen LogP contribution in [-0.2, 0) is 4.74 Å². The first-order chi connectivity index (χ1) is 16.4. The Morgan fingerprint density at radius 3 is 2.62 bits per heavy atom. The first-order valence-electron chi connectivity index (χ1n) is 13.1. The summed E-state index contributed by atoms with van der Waals surface area (Å²) in [6.07, 6.45) is 8.73. The second-order valence-electron chi connectivity index (χ2n) is 10.3. The molecular formula is C27H39ClN2O4. The number of amides is 1. The van der Waals surface area contributed by atoms with E-state index in [2.05, 4.69) is 11.8 Å². The minimum absolute atomic E-state index is 0.0600. The first-order valence-corrected chi connectivity index (χ1v) is 13.5. The number of aliphatic hydroxyl groups is 1. The van der Waals surface area contributed by atoms with Crippen molar-refractivity contribution < 1.29 is 19.4 Å². The van der Waals surface area contributed by atoms with E-state index < -0.39 is 11.6 Å². The van der Waals surface area contributed by atoms with Crippen molar-refractivity contribution in [3.63, 3.8) is 0 Å². The van der Waals surface area contributed by atoms with E-state index in [0.717, 1.165) is 44.9 Å². The minimum atomic E-state index is -1.06.